The van der Waals surface area contributed by atoms with Crippen LogP contribution >= 0.6 is 0 Å². The van der Waals surface area contributed by atoms with E-state index in [4.69, 9.17) is 9.47 Å². The molecule has 0 aliphatic carbocycles. The number of hydrogen-bond donors (Lipinski definition) is 1. The van der Waals surface area contributed by atoms with Crippen LogP contribution in [0.25, 0.3) is 0 Å². The van der Waals surface area contributed by atoms with Crippen molar-refractivity contribution in [2.45, 2.75) is 25.5 Å². The highest BCUT2D eigenvalue weighted by atomic mass is 16.5. The lowest BCUT2D eigenvalue weighted by Gasteiger charge is -2.19. The number of benzene rings is 2. The molecular weight excluding hydrogens is 278 g/mol. The van der Waals surface area contributed by atoms with Crippen LogP contribution in [0.4, 0.5) is 0 Å². The third-order valence-corrected chi connectivity index (χ3v) is 3.90. The number of carbonyl (C=O) groups excluding carboxylic acids is 1. The van der Waals surface area contributed by atoms with E-state index in [0.29, 0.717) is 6.42 Å². The fourth-order valence-electron chi connectivity index (χ4n) is 2.74. The Morgan fingerprint density at radius 1 is 1.23 bits per heavy atom. The van der Waals surface area contributed by atoms with Crippen LogP contribution in [-0.2, 0) is 11.2 Å². The lowest BCUT2D eigenvalue weighted by atomic mass is 10.1. The number of carbonyl (C=O) groups is 1. The maximum Gasteiger partial charge on any atom is 0.261 e. The molecule has 0 saturated carbocycles. The van der Waals surface area contributed by atoms with E-state index in [1.165, 1.54) is 0 Å². The summed E-state index contributed by atoms with van der Waals surface area (Å²) in [7, 11) is 1.63. The third kappa shape index (κ3) is 2.77. The fourth-order valence-corrected chi connectivity index (χ4v) is 2.74. The van der Waals surface area contributed by atoms with Gasteiger partial charge in [0.1, 0.15) is 11.5 Å². The van der Waals surface area contributed by atoms with Gasteiger partial charge in [-0.2, -0.15) is 0 Å². The normalized spacial score (nSPS) is 17.3. The van der Waals surface area contributed by atoms with Crippen LogP contribution in [0.5, 0.6) is 11.5 Å². The standard InChI is InChI=1S/C18H19NO3/c1-12(14-8-4-6-10-16(14)21-2)19-18(20)17-11-13-7-3-5-9-15(13)22-17/h3-10,12,17H,11H2,1-2H3,(H,19,20). The average Bonchev–Trinajstić information content (AvgIpc) is 2.99. The maximum atomic E-state index is 12.4. The molecule has 1 aliphatic rings. The van der Waals surface area contributed by atoms with Gasteiger partial charge in [-0.3, -0.25) is 4.79 Å². The monoisotopic (exact) mass is 297 g/mol. The topological polar surface area (TPSA) is 47.6 Å². The largest absolute Gasteiger partial charge is 0.496 e. The Bertz CT molecular complexity index is 659. The minimum absolute atomic E-state index is 0.102. The molecule has 0 fully saturated rings. The molecule has 1 N–H and O–H groups in total. The van der Waals surface area contributed by atoms with Gasteiger partial charge in [0.2, 0.25) is 0 Å². The van der Waals surface area contributed by atoms with Gasteiger partial charge in [-0.05, 0) is 24.6 Å². The molecule has 3 rings (SSSR count). The second-order valence-electron chi connectivity index (χ2n) is 5.39. The first kappa shape index (κ1) is 14.4. The molecule has 1 aliphatic heterocycles. The average molecular weight is 297 g/mol. The predicted molar refractivity (Wildman–Crippen MR) is 84.1 cm³/mol. The Kier molecular flexibility index (Phi) is 4.00. The molecule has 0 spiro atoms. The van der Waals surface area contributed by atoms with E-state index in [1.807, 2.05) is 55.5 Å². The molecule has 2 aromatic rings. The molecule has 0 saturated heterocycles. The highest BCUT2D eigenvalue weighted by Crippen LogP contribution is 2.29. The smallest absolute Gasteiger partial charge is 0.261 e. The zero-order chi connectivity index (χ0) is 15.5. The number of amides is 1. The molecule has 1 heterocycles. The minimum Gasteiger partial charge on any atom is -0.496 e. The van der Waals surface area contributed by atoms with Gasteiger partial charge in [-0.25, -0.2) is 0 Å². The number of ether oxygens (including phenoxy) is 2. The van der Waals surface area contributed by atoms with Crippen LogP contribution in [0.15, 0.2) is 48.5 Å². The lowest BCUT2D eigenvalue weighted by Crippen LogP contribution is -2.38. The molecular formula is C18H19NO3. The number of hydrogen-bond acceptors (Lipinski definition) is 3. The first-order valence-corrected chi connectivity index (χ1v) is 7.37. The number of methoxy groups -OCH3 is 1. The lowest BCUT2D eigenvalue weighted by molar-refractivity contribution is -0.127. The molecule has 4 nitrogen and oxygen atoms in total. The van der Waals surface area contributed by atoms with E-state index in [-0.39, 0.29) is 11.9 Å². The summed E-state index contributed by atoms with van der Waals surface area (Å²) in [6, 6.07) is 15.3. The maximum absolute atomic E-state index is 12.4. The molecule has 114 valence electrons. The summed E-state index contributed by atoms with van der Waals surface area (Å²) in [6.07, 6.45) is 0.148. The Morgan fingerprint density at radius 3 is 2.73 bits per heavy atom. The van der Waals surface area contributed by atoms with Crippen molar-refractivity contribution in [2.24, 2.45) is 0 Å². The minimum atomic E-state index is -0.463. The Morgan fingerprint density at radius 2 is 1.95 bits per heavy atom. The van der Waals surface area contributed by atoms with Crippen LogP contribution in [0.2, 0.25) is 0 Å². The summed E-state index contributed by atoms with van der Waals surface area (Å²) in [6.45, 7) is 1.94. The Labute approximate surface area is 130 Å². The van der Waals surface area contributed by atoms with Crippen LogP contribution in [0, 0.1) is 0 Å². The van der Waals surface area contributed by atoms with Crippen LogP contribution in [0.3, 0.4) is 0 Å². The van der Waals surface area contributed by atoms with E-state index < -0.39 is 6.10 Å². The predicted octanol–water partition coefficient (Wildman–Crippen LogP) is 2.88. The molecule has 22 heavy (non-hydrogen) atoms. The molecule has 2 atom stereocenters. The molecule has 4 heteroatoms. The molecule has 0 bridgehead atoms. The zero-order valence-corrected chi connectivity index (χ0v) is 12.7. The van der Waals surface area contributed by atoms with Crippen molar-refractivity contribution in [3.8, 4) is 11.5 Å². The zero-order valence-electron chi connectivity index (χ0n) is 12.7. The number of fused-ring (bicyclic) bond motifs is 1. The summed E-state index contributed by atoms with van der Waals surface area (Å²) in [5, 5.41) is 3.00. The first-order valence-electron chi connectivity index (χ1n) is 7.37. The number of para-hydroxylation sites is 2. The highest BCUT2D eigenvalue weighted by molar-refractivity contribution is 5.83. The Balaban J connectivity index is 1.68. The highest BCUT2D eigenvalue weighted by Gasteiger charge is 2.29. The summed E-state index contributed by atoms with van der Waals surface area (Å²) < 4.78 is 11.1. The van der Waals surface area contributed by atoms with Crippen molar-refractivity contribution >= 4 is 5.91 Å². The van der Waals surface area contributed by atoms with Crippen molar-refractivity contribution in [1.82, 2.24) is 5.32 Å². The summed E-state index contributed by atoms with van der Waals surface area (Å²) in [5.74, 6) is 1.47. The molecule has 1 amide bonds. The van der Waals surface area contributed by atoms with Crippen molar-refractivity contribution in [1.29, 1.82) is 0 Å². The van der Waals surface area contributed by atoms with Crippen molar-refractivity contribution in [3.63, 3.8) is 0 Å². The quantitative estimate of drug-likeness (QED) is 0.944. The third-order valence-electron chi connectivity index (χ3n) is 3.90. The second kappa shape index (κ2) is 6.10. The van der Waals surface area contributed by atoms with Gasteiger partial charge in [-0.15, -0.1) is 0 Å². The SMILES string of the molecule is COc1ccccc1C(C)NC(=O)C1Cc2ccccc2O1. The number of nitrogens with one attached hydrogen (secondary N) is 1. The van der Waals surface area contributed by atoms with E-state index >= 15 is 0 Å². The van der Waals surface area contributed by atoms with E-state index in [2.05, 4.69) is 5.32 Å². The van der Waals surface area contributed by atoms with Crippen molar-refractivity contribution in [2.75, 3.05) is 7.11 Å². The second-order valence-corrected chi connectivity index (χ2v) is 5.39. The van der Waals surface area contributed by atoms with Crippen LogP contribution < -0.4 is 14.8 Å². The molecule has 0 radical (unpaired) electrons. The van der Waals surface area contributed by atoms with Gasteiger partial charge < -0.3 is 14.8 Å². The van der Waals surface area contributed by atoms with Crippen LogP contribution in [-0.4, -0.2) is 19.1 Å². The van der Waals surface area contributed by atoms with E-state index in [1.54, 1.807) is 7.11 Å². The van der Waals surface area contributed by atoms with Crippen molar-refractivity contribution < 1.29 is 14.3 Å². The van der Waals surface area contributed by atoms with Crippen LogP contribution in [0.1, 0.15) is 24.1 Å². The van der Waals surface area contributed by atoms with Gasteiger partial charge in [0.05, 0.1) is 13.2 Å². The fraction of sp³-hybridized carbons (Fsp3) is 0.278. The number of rotatable bonds is 4. The molecule has 2 unspecified atom stereocenters. The van der Waals surface area contributed by atoms with Gasteiger partial charge in [0, 0.05) is 12.0 Å². The van der Waals surface area contributed by atoms with Crippen molar-refractivity contribution in [3.05, 3.63) is 59.7 Å². The molecule has 2 aromatic carbocycles. The van der Waals surface area contributed by atoms with E-state index in [9.17, 15) is 4.79 Å². The van der Waals surface area contributed by atoms with Gasteiger partial charge >= 0.3 is 0 Å². The van der Waals surface area contributed by atoms with E-state index in [0.717, 1.165) is 22.6 Å². The van der Waals surface area contributed by atoms with Gasteiger partial charge in [0.15, 0.2) is 6.10 Å². The van der Waals surface area contributed by atoms with Gasteiger partial charge in [0.25, 0.3) is 5.91 Å². The first-order chi connectivity index (χ1) is 10.7. The Hall–Kier alpha value is -2.49. The summed E-state index contributed by atoms with van der Waals surface area (Å²) in [5.41, 5.74) is 2.03. The van der Waals surface area contributed by atoms with Gasteiger partial charge in [-0.1, -0.05) is 36.4 Å². The summed E-state index contributed by atoms with van der Waals surface area (Å²) >= 11 is 0. The summed E-state index contributed by atoms with van der Waals surface area (Å²) in [4.78, 5) is 12.4. The molecule has 0 aromatic heterocycles.